The first-order valence-corrected chi connectivity index (χ1v) is 11.1. The largest absolute Gasteiger partial charge is 0.362 e. The van der Waals surface area contributed by atoms with E-state index < -0.39 is 5.41 Å². The number of Topliss-reactive ketones (excluding diaryl/α,β-unsaturated/α-hetero) is 1. The molecule has 2 atom stereocenters. The number of hydrogen-bond donors (Lipinski definition) is 1. The Hall–Kier alpha value is -3.35. The van der Waals surface area contributed by atoms with E-state index in [2.05, 4.69) is 64.5 Å². The number of rotatable bonds is 4. The number of carbonyl (C=O) groups is 1. The van der Waals surface area contributed by atoms with Crippen molar-refractivity contribution >= 4 is 17.3 Å². The van der Waals surface area contributed by atoms with Gasteiger partial charge in [0.15, 0.2) is 17.8 Å². The summed E-state index contributed by atoms with van der Waals surface area (Å²) in [6.45, 7) is 6.46. The van der Waals surface area contributed by atoms with Gasteiger partial charge in [0.1, 0.15) is 0 Å². The second-order valence-corrected chi connectivity index (χ2v) is 9.59. The fourth-order valence-electron chi connectivity index (χ4n) is 5.47. The lowest BCUT2D eigenvalue weighted by atomic mass is 9.59. The number of nitrogens with zero attached hydrogens (tertiary/aromatic N) is 5. The topological polar surface area (TPSA) is 82.8 Å². The molecule has 7 nitrogen and oxygen atoms in total. The van der Waals surface area contributed by atoms with E-state index in [1.165, 1.54) is 0 Å². The van der Waals surface area contributed by atoms with E-state index in [0.29, 0.717) is 6.42 Å². The predicted molar refractivity (Wildman–Crippen MR) is 123 cm³/mol. The summed E-state index contributed by atoms with van der Waals surface area (Å²) >= 11 is 0. The summed E-state index contributed by atoms with van der Waals surface area (Å²) in [6, 6.07) is 8.39. The van der Waals surface area contributed by atoms with E-state index in [1.807, 2.05) is 24.2 Å². The number of anilines is 2. The number of aromatic nitrogens is 2. The molecule has 2 unspecified atom stereocenters. The van der Waals surface area contributed by atoms with Gasteiger partial charge in [0.05, 0.1) is 17.8 Å². The van der Waals surface area contributed by atoms with E-state index >= 15 is 0 Å². The van der Waals surface area contributed by atoms with E-state index in [9.17, 15) is 4.79 Å². The van der Waals surface area contributed by atoms with Gasteiger partial charge < -0.3 is 10.2 Å². The molecule has 1 aromatic heterocycles. The molecule has 0 radical (unpaired) electrons. The summed E-state index contributed by atoms with van der Waals surface area (Å²) in [7, 11) is 1.98. The summed E-state index contributed by atoms with van der Waals surface area (Å²) < 4.78 is 0. The molecule has 0 saturated heterocycles. The molecule has 0 spiro atoms. The van der Waals surface area contributed by atoms with Crippen LogP contribution < -0.4 is 10.2 Å². The Bertz CT molecular complexity index is 1170. The zero-order valence-corrected chi connectivity index (χ0v) is 19.0. The van der Waals surface area contributed by atoms with Gasteiger partial charge in [-0.2, -0.15) is 10.2 Å². The predicted octanol–water partition coefficient (Wildman–Crippen LogP) is 4.81. The second kappa shape index (κ2) is 7.36. The molecule has 0 fully saturated rings. The Kier molecular flexibility index (Phi) is 4.73. The van der Waals surface area contributed by atoms with Crippen LogP contribution in [0.2, 0.25) is 0 Å². The third-order valence-electron chi connectivity index (χ3n) is 6.93. The molecule has 5 rings (SSSR count). The number of nitrogens with one attached hydrogen (secondary N) is 1. The Morgan fingerprint density at radius 1 is 1.22 bits per heavy atom. The zero-order valence-electron chi connectivity index (χ0n) is 19.0. The fourth-order valence-corrected chi connectivity index (χ4v) is 5.47. The van der Waals surface area contributed by atoms with E-state index in [1.54, 1.807) is 18.6 Å². The maximum Gasteiger partial charge on any atom is 0.164 e. The molecule has 32 heavy (non-hydrogen) atoms. The fraction of sp³-hybridized carbons (Fsp3) is 0.400. The number of ketones is 1. The first kappa shape index (κ1) is 20.5. The van der Waals surface area contributed by atoms with Crippen molar-refractivity contribution in [3.8, 4) is 0 Å². The van der Waals surface area contributed by atoms with Crippen LogP contribution in [0.5, 0.6) is 0 Å². The molecule has 3 heterocycles. The summed E-state index contributed by atoms with van der Waals surface area (Å²) in [5.41, 5.74) is 4.39. The Balaban J connectivity index is 1.68. The van der Waals surface area contributed by atoms with Gasteiger partial charge in [-0.15, -0.1) is 0 Å². The average Bonchev–Trinajstić information content (AvgIpc) is 3.25. The van der Waals surface area contributed by atoms with Crippen LogP contribution in [0.1, 0.15) is 45.6 Å². The van der Waals surface area contributed by atoms with Crippen LogP contribution in [0.25, 0.3) is 0 Å². The molecule has 164 valence electrons. The van der Waals surface area contributed by atoms with Crippen molar-refractivity contribution in [3.63, 3.8) is 0 Å². The highest BCUT2D eigenvalue weighted by atomic mass is 16.1. The number of fused-ring (bicyclic) bond motifs is 1. The highest BCUT2D eigenvalue weighted by Gasteiger charge is 2.53. The van der Waals surface area contributed by atoms with Crippen molar-refractivity contribution in [2.75, 3.05) is 11.9 Å². The first-order chi connectivity index (χ1) is 15.4. The Morgan fingerprint density at radius 3 is 2.81 bits per heavy atom. The highest BCUT2D eigenvalue weighted by molar-refractivity contribution is 6.01. The molecule has 0 bridgehead atoms. The monoisotopic (exact) mass is 428 g/mol. The Morgan fingerprint density at radius 2 is 2.06 bits per heavy atom. The van der Waals surface area contributed by atoms with Gasteiger partial charge in [-0.05, 0) is 36.0 Å². The van der Waals surface area contributed by atoms with Crippen molar-refractivity contribution < 1.29 is 4.79 Å². The van der Waals surface area contributed by atoms with Crippen LogP contribution in [-0.2, 0) is 10.2 Å². The molecule has 7 heteroatoms. The third-order valence-corrected chi connectivity index (χ3v) is 6.93. The number of benzene rings is 1. The summed E-state index contributed by atoms with van der Waals surface area (Å²) in [6.07, 6.45) is 8.84. The van der Waals surface area contributed by atoms with Crippen molar-refractivity contribution in [1.82, 2.24) is 15.3 Å². The van der Waals surface area contributed by atoms with Crippen LogP contribution in [0.3, 0.4) is 0 Å². The molecular formula is C25H28N6O. The second-order valence-electron chi connectivity index (χ2n) is 9.59. The smallest absolute Gasteiger partial charge is 0.164 e. The van der Waals surface area contributed by atoms with Gasteiger partial charge in [0.25, 0.3) is 0 Å². The van der Waals surface area contributed by atoms with Crippen LogP contribution in [0.4, 0.5) is 11.5 Å². The number of allylic oxidation sites excluding steroid dienone is 2. The lowest BCUT2D eigenvalue weighted by Gasteiger charge is -2.48. The minimum atomic E-state index is -0.554. The summed E-state index contributed by atoms with van der Waals surface area (Å²) in [4.78, 5) is 24.2. The lowest BCUT2D eigenvalue weighted by Crippen LogP contribution is -2.51. The normalized spacial score (nSPS) is 25.7. The van der Waals surface area contributed by atoms with Crippen molar-refractivity contribution in [2.45, 2.75) is 51.6 Å². The minimum absolute atomic E-state index is 0.0760. The van der Waals surface area contributed by atoms with Crippen molar-refractivity contribution in [2.24, 2.45) is 15.6 Å². The number of azo groups is 1. The van der Waals surface area contributed by atoms with Gasteiger partial charge in [0.2, 0.25) is 0 Å². The summed E-state index contributed by atoms with van der Waals surface area (Å²) in [5, 5.41) is 12.2. The van der Waals surface area contributed by atoms with Crippen LogP contribution >= 0.6 is 0 Å². The van der Waals surface area contributed by atoms with Crippen LogP contribution in [0.15, 0.2) is 76.1 Å². The molecule has 0 saturated carbocycles. The molecule has 2 aliphatic heterocycles. The molecule has 2 aromatic rings. The molecule has 1 N–H and O–H groups in total. The van der Waals surface area contributed by atoms with Gasteiger partial charge in [-0.25, -0.2) is 4.98 Å². The lowest BCUT2D eigenvalue weighted by molar-refractivity contribution is -0.119. The Labute approximate surface area is 188 Å². The molecular weight excluding hydrogens is 400 g/mol. The van der Waals surface area contributed by atoms with Gasteiger partial charge in [0, 0.05) is 48.4 Å². The van der Waals surface area contributed by atoms with E-state index in [0.717, 1.165) is 46.8 Å². The van der Waals surface area contributed by atoms with Crippen LogP contribution in [0, 0.1) is 5.41 Å². The minimum Gasteiger partial charge on any atom is -0.362 e. The maximum absolute atomic E-state index is 13.6. The van der Waals surface area contributed by atoms with E-state index in [-0.39, 0.29) is 17.4 Å². The molecule has 0 amide bonds. The first-order valence-electron chi connectivity index (χ1n) is 11.1. The van der Waals surface area contributed by atoms with Gasteiger partial charge >= 0.3 is 0 Å². The van der Waals surface area contributed by atoms with Crippen LogP contribution in [-0.4, -0.2) is 29.0 Å². The van der Waals surface area contributed by atoms with Crippen molar-refractivity contribution in [1.29, 1.82) is 0 Å². The number of hydrogen-bond acceptors (Lipinski definition) is 7. The zero-order chi connectivity index (χ0) is 22.5. The highest BCUT2D eigenvalue weighted by Crippen LogP contribution is 2.54. The maximum atomic E-state index is 13.6. The van der Waals surface area contributed by atoms with Gasteiger partial charge in [-0.1, -0.05) is 32.9 Å². The quantitative estimate of drug-likeness (QED) is 0.755. The van der Waals surface area contributed by atoms with E-state index in [4.69, 9.17) is 0 Å². The molecule has 3 aliphatic rings. The molecule has 1 aromatic carbocycles. The number of carbonyl (C=O) groups excluding carboxylic acids is 1. The standard InChI is InChI=1S/C25H28N6O/c1-5-25(16-7-6-8-17(11-16)31(4)21-15-26-9-10-27-21)18-14-28-30-23(18)29-19-12-24(2,3)13-20(32)22(19)25/h6-11,14-15,23,29H,5,12-13H2,1-4H3. The third kappa shape index (κ3) is 3.06. The molecule has 1 aliphatic carbocycles. The van der Waals surface area contributed by atoms with Gasteiger partial charge in [-0.3, -0.25) is 9.78 Å². The average molecular weight is 429 g/mol. The summed E-state index contributed by atoms with van der Waals surface area (Å²) in [5.74, 6) is 0.975. The SMILES string of the molecule is CCC1(c2cccc(N(C)c3cnccn3)c2)C2=CN=NC2NC2=C1C(=O)CC(C)(C)C2. The van der Waals surface area contributed by atoms with Crippen molar-refractivity contribution in [3.05, 3.63) is 71.5 Å².